The number of likely N-dealkylation sites (tertiary alicyclic amines) is 1. The quantitative estimate of drug-likeness (QED) is 0.294. The van der Waals surface area contributed by atoms with Gasteiger partial charge in [-0.1, -0.05) is 0 Å². The molecule has 0 unspecified atom stereocenters. The van der Waals surface area contributed by atoms with Crippen LogP contribution in [0.2, 0.25) is 0 Å². The lowest BCUT2D eigenvalue weighted by atomic mass is 9.98. The monoisotopic (exact) mass is 585 g/mol. The lowest BCUT2D eigenvalue weighted by Gasteiger charge is -2.42. The molecule has 2 amide bonds. The predicted molar refractivity (Wildman–Crippen MR) is 173 cm³/mol. The molecule has 0 bridgehead atoms. The Morgan fingerprint density at radius 1 is 1.00 bits per heavy atom. The fourth-order valence-corrected chi connectivity index (χ4v) is 6.07. The molecule has 1 aliphatic rings. The Bertz CT molecular complexity index is 1360. The van der Waals surface area contributed by atoms with E-state index in [2.05, 4.69) is 57.5 Å². The second-order valence-electron chi connectivity index (χ2n) is 11.6. The molecular weight excluding hydrogens is 538 g/mol. The normalized spacial score (nSPS) is 14.7. The van der Waals surface area contributed by atoms with Crippen molar-refractivity contribution in [3.05, 3.63) is 88.2 Å². The molecule has 2 heterocycles. The van der Waals surface area contributed by atoms with Crippen molar-refractivity contribution >= 4 is 17.5 Å². The number of hydrogen-bond acceptors (Lipinski definition) is 6. The Morgan fingerprint density at radius 3 is 2.28 bits per heavy atom. The molecule has 8 heteroatoms. The second kappa shape index (κ2) is 15.0. The summed E-state index contributed by atoms with van der Waals surface area (Å²) in [6.45, 7) is 14.1. The van der Waals surface area contributed by atoms with E-state index in [4.69, 9.17) is 4.74 Å². The maximum atomic E-state index is 12.9. The van der Waals surface area contributed by atoms with Crippen molar-refractivity contribution in [1.82, 2.24) is 20.5 Å². The van der Waals surface area contributed by atoms with E-state index in [1.54, 1.807) is 7.11 Å². The van der Waals surface area contributed by atoms with Crippen molar-refractivity contribution in [2.45, 2.75) is 72.5 Å². The van der Waals surface area contributed by atoms with Gasteiger partial charge in [-0.25, -0.2) is 0 Å². The van der Waals surface area contributed by atoms with Gasteiger partial charge in [-0.05, 0) is 119 Å². The highest BCUT2D eigenvalue weighted by Gasteiger charge is 2.28. The molecule has 0 aliphatic carbocycles. The first-order chi connectivity index (χ1) is 20.7. The first kappa shape index (κ1) is 32.0. The molecule has 0 saturated carbocycles. The van der Waals surface area contributed by atoms with Crippen LogP contribution < -0.4 is 20.3 Å². The Balaban J connectivity index is 1.32. The number of ether oxygens (including phenoxy) is 1. The zero-order valence-corrected chi connectivity index (χ0v) is 26.6. The maximum Gasteiger partial charge on any atom is 0.251 e. The van der Waals surface area contributed by atoms with Crippen LogP contribution >= 0.6 is 0 Å². The van der Waals surface area contributed by atoms with Crippen LogP contribution in [0.15, 0.2) is 54.9 Å². The minimum atomic E-state index is -0.0969. The van der Waals surface area contributed by atoms with E-state index in [-0.39, 0.29) is 11.8 Å². The standard InChI is InChI=1S/C35H47N5O3/c1-7-37-35(42)33-25(3)20-28(21-26(33)4)34(41)38-17-13-27(5)39-18-14-31(15-19-39)40(23-29-22-36-16-12-24(29)2)30-8-10-32(43-6)11-9-30/h8-12,16,20-22,27,31H,7,13-15,17-19,23H2,1-6H3,(H,37,42)(H,38,41)/t27-/m1/s1. The fraction of sp³-hybridized carbons (Fsp3) is 0.457. The van der Waals surface area contributed by atoms with E-state index in [1.165, 1.54) is 16.8 Å². The van der Waals surface area contributed by atoms with Gasteiger partial charge in [-0.2, -0.15) is 0 Å². The number of carbonyl (C=O) groups excluding carboxylic acids is 2. The minimum absolute atomic E-state index is 0.0960. The fourth-order valence-electron chi connectivity index (χ4n) is 6.07. The summed E-state index contributed by atoms with van der Waals surface area (Å²) in [5.41, 5.74) is 6.57. The van der Waals surface area contributed by atoms with Crippen LogP contribution in [0.5, 0.6) is 5.75 Å². The van der Waals surface area contributed by atoms with Crippen molar-refractivity contribution in [1.29, 1.82) is 0 Å². The molecule has 1 fully saturated rings. The van der Waals surface area contributed by atoms with Crippen molar-refractivity contribution in [2.75, 3.05) is 38.2 Å². The number of methoxy groups -OCH3 is 1. The van der Waals surface area contributed by atoms with E-state index in [0.717, 1.165) is 55.8 Å². The summed E-state index contributed by atoms with van der Waals surface area (Å²) in [4.78, 5) is 34.8. The van der Waals surface area contributed by atoms with Crippen molar-refractivity contribution in [3.8, 4) is 5.75 Å². The van der Waals surface area contributed by atoms with E-state index >= 15 is 0 Å². The molecule has 1 saturated heterocycles. The highest BCUT2D eigenvalue weighted by Crippen LogP contribution is 2.29. The van der Waals surface area contributed by atoms with Crippen LogP contribution in [-0.4, -0.2) is 67.1 Å². The second-order valence-corrected chi connectivity index (χ2v) is 11.6. The molecule has 1 atom stereocenters. The maximum absolute atomic E-state index is 12.9. The van der Waals surface area contributed by atoms with Crippen LogP contribution in [-0.2, 0) is 6.54 Å². The number of carbonyl (C=O) groups is 2. The van der Waals surface area contributed by atoms with Gasteiger partial charge in [0.2, 0.25) is 0 Å². The van der Waals surface area contributed by atoms with Gasteiger partial charge in [-0.3, -0.25) is 14.6 Å². The predicted octanol–water partition coefficient (Wildman–Crippen LogP) is 5.44. The SMILES string of the molecule is CCNC(=O)c1c(C)cc(C(=O)NCC[C@@H](C)N2CCC(N(Cc3cnccc3C)c3ccc(OC)cc3)CC2)cc1C. The third-order valence-corrected chi connectivity index (χ3v) is 8.66. The Hall–Kier alpha value is -3.91. The smallest absolute Gasteiger partial charge is 0.251 e. The molecule has 4 rings (SSSR count). The number of aromatic nitrogens is 1. The third-order valence-electron chi connectivity index (χ3n) is 8.66. The topological polar surface area (TPSA) is 86.8 Å². The van der Waals surface area contributed by atoms with Crippen LogP contribution in [0.25, 0.3) is 0 Å². The lowest BCUT2D eigenvalue weighted by molar-refractivity contribution is 0.0936. The number of nitrogens with zero attached hydrogens (tertiary/aromatic N) is 3. The van der Waals surface area contributed by atoms with Crippen LogP contribution in [0.3, 0.4) is 0 Å². The minimum Gasteiger partial charge on any atom is -0.497 e. The number of piperidine rings is 1. The van der Waals surface area contributed by atoms with Crippen molar-refractivity contribution < 1.29 is 14.3 Å². The summed E-state index contributed by atoms with van der Waals surface area (Å²) >= 11 is 0. The van der Waals surface area contributed by atoms with E-state index in [9.17, 15) is 9.59 Å². The van der Waals surface area contributed by atoms with Gasteiger partial charge in [0.05, 0.1) is 7.11 Å². The molecule has 8 nitrogen and oxygen atoms in total. The zero-order chi connectivity index (χ0) is 30.9. The van der Waals surface area contributed by atoms with Gasteiger partial charge in [0.15, 0.2) is 0 Å². The van der Waals surface area contributed by atoms with Crippen molar-refractivity contribution in [2.24, 2.45) is 0 Å². The summed E-state index contributed by atoms with van der Waals surface area (Å²) in [7, 11) is 1.70. The molecule has 1 aliphatic heterocycles. The van der Waals surface area contributed by atoms with Crippen LogP contribution in [0.1, 0.15) is 76.1 Å². The number of hydrogen-bond donors (Lipinski definition) is 2. The highest BCUT2D eigenvalue weighted by atomic mass is 16.5. The first-order valence-corrected chi connectivity index (χ1v) is 15.4. The van der Waals surface area contributed by atoms with Crippen molar-refractivity contribution in [3.63, 3.8) is 0 Å². The number of nitrogens with one attached hydrogen (secondary N) is 2. The number of benzene rings is 2. The molecule has 2 N–H and O–H groups in total. The summed E-state index contributed by atoms with van der Waals surface area (Å²) in [6.07, 6.45) is 6.85. The Labute approximate surface area is 256 Å². The summed E-state index contributed by atoms with van der Waals surface area (Å²) in [5, 5.41) is 5.95. The number of anilines is 1. The number of pyridine rings is 1. The summed E-state index contributed by atoms with van der Waals surface area (Å²) < 4.78 is 5.40. The molecule has 0 spiro atoms. The highest BCUT2D eigenvalue weighted by molar-refractivity contribution is 6.00. The number of aryl methyl sites for hydroxylation is 3. The van der Waals surface area contributed by atoms with Gasteiger partial charge in [0.1, 0.15) is 5.75 Å². The molecule has 43 heavy (non-hydrogen) atoms. The van der Waals surface area contributed by atoms with E-state index < -0.39 is 0 Å². The van der Waals surface area contributed by atoms with Crippen LogP contribution in [0.4, 0.5) is 5.69 Å². The average molecular weight is 586 g/mol. The molecule has 2 aromatic carbocycles. The van der Waals surface area contributed by atoms with Crippen LogP contribution in [0, 0.1) is 20.8 Å². The van der Waals surface area contributed by atoms with Gasteiger partial charge in [-0.15, -0.1) is 0 Å². The number of rotatable bonds is 12. The van der Waals surface area contributed by atoms with Gasteiger partial charge < -0.3 is 25.2 Å². The molecule has 1 aromatic heterocycles. The molecule has 3 aromatic rings. The summed E-state index contributed by atoms with van der Waals surface area (Å²) in [6, 6.07) is 14.8. The van der Waals surface area contributed by atoms with Gasteiger partial charge in [0.25, 0.3) is 11.8 Å². The third kappa shape index (κ3) is 8.14. The Morgan fingerprint density at radius 2 is 1.67 bits per heavy atom. The molecule has 0 radical (unpaired) electrons. The average Bonchev–Trinajstić information content (AvgIpc) is 3.00. The largest absolute Gasteiger partial charge is 0.497 e. The van der Waals surface area contributed by atoms with E-state index in [0.29, 0.717) is 36.3 Å². The number of amides is 2. The zero-order valence-electron chi connectivity index (χ0n) is 26.6. The molecule has 230 valence electrons. The van der Waals surface area contributed by atoms with Gasteiger partial charge in [0, 0.05) is 74.0 Å². The Kier molecular flexibility index (Phi) is 11.2. The van der Waals surface area contributed by atoms with E-state index in [1.807, 2.05) is 57.4 Å². The first-order valence-electron chi connectivity index (χ1n) is 15.4. The summed E-state index contributed by atoms with van der Waals surface area (Å²) in [5.74, 6) is 0.667. The van der Waals surface area contributed by atoms with Gasteiger partial charge >= 0.3 is 0 Å². The lowest BCUT2D eigenvalue weighted by Crippen LogP contribution is -2.48. The molecular formula is C35H47N5O3.